The smallest absolute Gasteiger partial charge is 0.303 e. The van der Waals surface area contributed by atoms with E-state index in [-0.39, 0.29) is 29.2 Å². The molecule has 0 radical (unpaired) electrons. The fourth-order valence-corrected chi connectivity index (χ4v) is 12.8. The first-order valence-corrected chi connectivity index (χ1v) is 30.4. The first-order chi connectivity index (χ1) is 35.7. The van der Waals surface area contributed by atoms with Gasteiger partial charge in [0.2, 0.25) is 5.69 Å². The number of benzene rings is 5. The maximum Gasteiger partial charge on any atom is 0.303 e. The summed E-state index contributed by atoms with van der Waals surface area (Å²) in [5.74, 6) is -1.29. The number of allylic oxidation sites excluding steroid dienone is 7. The lowest BCUT2D eigenvalue weighted by atomic mass is 9.78. The number of carboxylic acids is 1. The molecule has 1 atom stereocenters. The lowest BCUT2D eigenvalue weighted by Gasteiger charge is -2.28. The zero-order valence-corrected chi connectivity index (χ0v) is 45.8. The van der Waals surface area contributed by atoms with E-state index in [2.05, 4.69) is 66.8 Å². The summed E-state index contributed by atoms with van der Waals surface area (Å²) >= 11 is -2.40. The zero-order valence-electron chi connectivity index (χ0n) is 42.5. The molecule has 0 saturated carbocycles. The van der Waals surface area contributed by atoms with Gasteiger partial charge in [-0.05, 0) is 157 Å². The standard InChI is InChI=1S/C55H61N3O14S4/c1-54(2)48(57(30-5-7-32-72-73(61)62)46-25-15-39-34-42(75(66,67)68)21-23-44(39)51(46)54)27-17-37-10-9-11-38(53(37)56-41-19-12-36(13-20-41)14-29-50(59)60)18-28-49-55(3,4)52-45-24-22-43(76(69,70)71)35-40(45)16-26-47(52)58(49)31-6-8-33-74(63,64)65/h12-13,15-28,34-35H,5-11,14,29-33H2,1-4H3,(H5,59,60,61,62,63,64,65,66,67,68,69,70,71)/p+1/b38-18+,49-28+. The van der Waals surface area contributed by atoms with Crippen molar-refractivity contribution in [2.24, 2.45) is 0 Å². The number of nitrogens with one attached hydrogen (secondary N) is 1. The summed E-state index contributed by atoms with van der Waals surface area (Å²) in [6, 6.07) is 24.2. The van der Waals surface area contributed by atoms with Crippen molar-refractivity contribution in [3.8, 4) is 0 Å². The average Bonchev–Trinajstić information content (AvgIpc) is 3.73. The minimum atomic E-state index is -4.48. The molecule has 17 nitrogen and oxygen atoms in total. The van der Waals surface area contributed by atoms with Crippen LogP contribution in [0.4, 0.5) is 17.1 Å². The third-order valence-corrected chi connectivity index (χ3v) is 17.4. The van der Waals surface area contributed by atoms with Crippen LogP contribution < -0.4 is 10.2 Å². The summed E-state index contributed by atoms with van der Waals surface area (Å²) < 4.78 is 129. The monoisotopic (exact) mass is 1120 g/mol. The molecule has 0 fully saturated rings. The number of nitrogens with zero attached hydrogens (tertiary/aromatic N) is 2. The number of unbranched alkanes of at least 4 members (excludes halogenated alkanes) is 2. The van der Waals surface area contributed by atoms with Gasteiger partial charge in [0.05, 0.1) is 27.6 Å². The Hall–Kier alpha value is -5.88. The number of hydrogen-bond donors (Lipinski definition) is 6. The van der Waals surface area contributed by atoms with Crippen molar-refractivity contribution in [3.05, 3.63) is 148 Å². The molecule has 2 aliphatic heterocycles. The van der Waals surface area contributed by atoms with E-state index in [1.807, 2.05) is 42.5 Å². The van der Waals surface area contributed by atoms with Gasteiger partial charge in [0.15, 0.2) is 5.71 Å². The van der Waals surface area contributed by atoms with E-state index in [1.165, 1.54) is 24.3 Å². The van der Waals surface area contributed by atoms with E-state index in [0.717, 1.165) is 79.2 Å². The van der Waals surface area contributed by atoms with Crippen LogP contribution in [0.5, 0.6) is 0 Å². The van der Waals surface area contributed by atoms with Gasteiger partial charge in [0.25, 0.3) is 30.4 Å². The van der Waals surface area contributed by atoms with E-state index in [1.54, 1.807) is 18.2 Å². The predicted molar refractivity (Wildman–Crippen MR) is 295 cm³/mol. The molecule has 5 aromatic rings. The zero-order chi connectivity index (χ0) is 55.0. The van der Waals surface area contributed by atoms with Gasteiger partial charge >= 0.3 is 17.3 Å². The highest BCUT2D eigenvalue weighted by atomic mass is 32.2. The van der Waals surface area contributed by atoms with Crippen molar-refractivity contribution >= 4 is 92.0 Å². The van der Waals surface area contributed by atoms with Crippen LogP contribution in [0, 0.1) is 0 Å². The summed E-state index contributed by atoms with van der Waals surface area (Å²) in [5, 5.41) is 15.9. The Labute approximate surface area is 446 Å². The fourth-order valence-electron chi connectivity index (χ4n) is 10.9. The number of fused-ring (bicyclic) bond motifs is 6. The second-order valence-corrected chi connectivity index (χ2v) is 25.4. The number of hydrogen-bond acceptors (Lipinski definition) is 11. The Morgan fingerprint density at radius 2 is 1.41 bits per heavy atom. The number of aryl methyl sites for hydroxylation is 1. The van der Waals surface area contributed by atoms with E-state index in [4.69, 9.17) is 4.18 Å². The first kappa shape index (κ1) is 56.3. The van der Waals surface area contributed by atoms with Crippen LogP contribution in [0.25, 0.3) is 21.5 Å². The Morgan fingerprint density at radius 3 is 2.03 bits per heavy atom. The summed E-state index contributed by atoms with van der Waals surface area (Å²) in [6.07, 6.45) is 12.6. The highest BCUT2D eigenvalue weighted by molar-refractivity contribution is 7.86. The Balaban J connectivity index is 1.25. The number of rotatable bonds is 21. The molecule has 0 saturated heterocycles. The highest BCUT2D eigenvalue weighted by Crippen LogP contribution is 2.51. The molecule has 404 valence electrons. The quantitative estimate of drug-likeness (QED) is 0.0173. The van der Waals surface area contributed by atoms with Crippen molar-refractivity contribution in [1.82, 2.24) is 0 Å². The number of anilines is 2. The molecule has 6 N–H and O–H groups in total. The van der Waals surface area contributed by atoms with Crippen molar-refractivity contribution in [2.75, 3.05) is 35.7 Å². The van der Waals surface area contributed by atoms with Crippen LogP contribution in [0.15, 0.2) is 142 Å². The molecule has 0 aromatic heterocycles. The Morgan fingerprint density at radius 1 is 0.763 bits per heavy atom. The Kier molecular flexibility index (Phi) is 16.5. The summed E-state index contributed by atoms with van der Waals surface area (Å²) in [6.45, 7) is 9.34. The summed E-state index contributed by atoms with van der Waals surface area (Å²) in [5.41, 5.74) is 8.60. The van der Waals surface area contributed by atoms with E-state index in [0.29, 0.717) is 62.4 Å². The van der Waals surface area contributed by atoms with Gasteiger partial charge in [-0.25, -0.2) is 0 Å². The SMILES string of the molecule is CC1(C)C(/C=C/C2=C(Nc3ccc(CCC(=O)O)cc3)C(=C/C=C3/N(CCCCS(=O)(=O)O)c4ccc5cc(S(=O)(=O)O)ccc5c4C3(C)C)/CCC2)=[N+](CCCCOS(=O)O)c2ccc3cc(S(=O)(=O)O)ccc3c21. The fraction of sp³-hybridized carbons (Fsp3) is 0.345. The van der Waals surface area contributed by atoms with Gasteiger partial charge in [0.1, 0.15) is 6.54 Å². The van der Waals surface area contributed by atoms with Crippen molar-refractivity contribution in [3.63, 3.8) is 0 Å². The molecule has 76 heavy (non-hydrogen) atoms. The molecule has 1 aliphatic carbocycles. The van der Waals surface area contributed by atoms with Crippen LogP contribution in [-0.4, -0.2) is 94.5 Å². The van der Waals surface area contributed by atoms with E-state index >= 15 is 0 Å². The molecular formula is C55H62N3O14S4+. The Bertz CT molecular complexity index is 3670. The molecule has 2 heterocycles. The maximum atomic E-state index is 12.2. The predicted octanol–water partition coefficient (Wildman–Crippen LogP) is 10.2. The first-order valence-electron chi connectivity index (χ1n) is 24.9. The molecule has 21 heteroatoms. The van der Waals surface area contributed by atoms with Gasteiger partial charge in [-0.15, -0.1) is 0 Å². The van der Waals surface area contributed by atoms with Crippen molar-refractivity contribution in [1.29, 1.82) is 0 Å². The molecule has 0 amide bonds. The molecule has 3 aliphatic rings. The van der Waals surface area contributed by atoms with Crippen LogP contribution in [0.3, 0.4) is 0 Å². The van der Waals surface area contributed by atoms with E-state index < -0.39 is 64.3 Å². The second-order valence-electron chi connectivity index (χ2n) is 20.4. The number of carboxylic acid groups (broad SMARTS) is 1. The van der Waals surface area contributed by atoms with E-state index in [9.17, 15) is 57.6 Å². The van der Waals surface area contributed by atoms with Gasteiger partial charge in [-0.1, -0.05) is 56.3 Å². The molecule has 1 unspecified atom stereocenters. The normalized spacial score (nSPS) is 18.1. The molecule has 5 aromatic carbocycles. The maximum absolute atomic E-state index is 12.2. The third-order valence-electron chi connectivity index (χ3n) is 14.5. The third kappa shape index (κ3) is 12.4. The van der Waals surface area contributed by atoms with Crippen molar-refractivity contribution < 1.29 is 66.3 Å². The lowest BCUT2D eigenvalue weighted by molar-refractivity contribution is -0.438. The van der Waals surface area contributed by atoms with Gasteiger partial charge in [-0.3, -0.25) is 27.2 Å². The second kappa shape index (κ2) is 22.2. The topological polar surface area (TPSA) is 265 Å². The highest BCUT2D eigenvalue weighted by Gasteiger charge is 2.46. The molecule has 0 spiro atoms. The molecular weight excluding hydrogens is 1050 g/mol. The summed E-state index contributed by atoms with van der Waals surface area (Å²) in [4.78, 5) is 13.1. The van der Waals surface area contributed by atoms with Crippen LogP contribution >= 0.6 is 0 Å². The van der Waals surface area contributed by atoms with Gasteiger partial charge in [0, 0.05) is 65.3 Å². The minimum absolute atomic E-state index is 0.0115. The van der Waals surface area contributed by atoms with Crippen molar-refractivity contribution in [2.45, 2.75) is 106 Å². The number of carbonyl (C=O) groups is 1. The van der Waals surface area contributed by atoms with Gasteiger partial charge in [-0.2, -0.15) is 34.0 Å². The molecule has 8 rings (SSSR count). The number of aliphatic carboxylic acids is 1. The lowest BCUT2D eigenvalue weighted by Crippen LogP contribution is -2.28. The van der Waals surface area contributed by atoms with Crippen LogP contribution in [0.2, 0.25) is 0 Å². The average molecular weight is 1120 g/mol. The summed E-state index contributed by atoms with van der Waals surface area (Å²) in [7, 11) is -13.1. The minimum Gasteiger partial charge on any atom is -0.481 e. The molecule has 0 bridgehead atoms. The van der Waals surface area contributed by atoms with Gasteiger partial charge < -0.3 is 15.3 Å². The van der Waals surface area contributed by atoms with Crippen LogP contribution in [0.1, 0.15) is 95.8 Å². The largest absolute Gasteiger partial charge is 0.481 e. The van der Waals surface area contributed by atoms with Crippen LogP contribution in [-0.2, 0) is 67.9 Å².